The Bertz CT molecular complexity index is 2740. The third-order valence-corrected chi connectivity index (χ3v) is 11.1. The summed E-state index contributed by atoms with van der Waals surface area (Å²) in [7, 11) is 3.07. The van der Waals surface area contributed by atoms with Gasteiger partial charge in [0.1, 0.15) is 11.5 Å². The molecule has 0 aliphatic carbocycles. The molecule has 2 N–H and O–H groups in total. The van der Waals surface area contributed by atoms with Crippen molar-refractivity contribution < 1.29 is 19.1 Å². The Kier molecular flexibility index (Phi) is 10.9. The van der Waals surface area contributed by atoms with E-state index in [4.69, 9.17) is 65.8 Å². The molecule has 2 amide bonds. The normalized spacial score (nSPS) is 11.1. The molecule has 2 heterocycles. The van der Waals surface area contributed by atoms with Gasteiger partial charge in [-0.05, 0) is 83.9 Å². The van der Waals surface area contributed by atoms with Crippen LogP contribution < -0.4 is 20.1 Å². The van der Waals surface area contributed by atoms with Crippen LogP contribution in [0, 0.1) is 0 Å². The van der Waals surface area contributed by atoms with Crippen molar-refractivity contribution in [3.63, 3.8) is 0 Å². The van der Waals surface area contributed by atoms with Crippen LogP contribution >= 0.6 is 46.4 Å². The number of carbonyl (C=O) groups excluding carboxylic acids is 2. The number of carbonyl (C=O) groups is 2. The first kappa shape index (κ1) is 38.7. The van der Waals surface area contributed by atoms with E-state index in [1.165, 1.54) is 14.2 Å². The van der Waals surface area contributed by atoms with Crippen LogP contribution in [0.25, 0.3) is 55.4 Å². The smallest absolute Gasteiger partial charge is 0.256 e. The van der Waals surface area contributed by atoms with Gasteiger partial charge in [0.25, 0.3) is 11.8 Å². The number of hydrogen-bond acceptors (Lipinski definition) is 6. The topological polar surface area (TPSA) is 102 Å². The molecule has 0 bridgehead atoms. The van der Waals surface area contributed by atoms with Crippen LogP contribution in [-0.2, 0) is 0 Å². The van der Waals surface area contributed by atoms with Gasteiger partial charge in [-0.1, -0.05) is 107 Å². The van der Waals surface area contributed by atoms with Crippen LogP contribution in [0.3, 0.4) is 0 Å². The standard InChI is InChI=1S/C46H30Cl4N4O4/c1-57-43-21-25(13-17-39(43)53-45(55)31-23-41(27-11-15-33(47)35(49)19-27)51-37-9-5-3-7-29(31)37)26-14-18-40(44(22-26)58-2)54-46(56)32-24-42(28-12-16-34(48)36(50)20-28)52-38-10-6-4-8-30(32)38/h3-24H,1-2H3,(H,53,55)(H,54,56). The number of nitrogens with one attached hydrogen (secondary N) is 2. The van der Waals surface area contributed by atoms with Gasteiger partial charge in [-0.25, -0.2) is 9.97 Å². The molecule has 286 valence electrons. The molecule has 2 aromatic heterocycles. The number of hydrogen-bond donors (Lipinski definition) is 2. The number of amides is 2. The van der Waals surface area contributed by atoms with Crippen LogP contribution in [0.2, 0.25) is 20.1 Å². The van der Waals surface area contributed by atoms with Gasteiger partial charge in [-0.3, -0.25) is 9.59 Å². The summed E-state index contributed by atoms with van der Waals surface area (Å²) in [4.78, 5) is 37.5. The number of anilines is 2. The van der Waals surface area contributed by atoms with Crippen LogP contribution in [0.4, 0.5) is 11.4 Å². The molecule has 6 aromatic carbocycles. The number of para-hydroxylation sites is 2. The maximum atomic E-state index is 13.9. The Labute approximate surface area is 353 Å². The number of benzene rings is 6. The molecule has 8 aromatic rings. The number of halogens is 4. The number of ether oxygens (including phenoxy) is 2. The summed E-state index contributed by atoms with van der Waals surface area (Å²) in [6.07, 6.45) is 0. The molecular weight excluding hydrogens is 814 g/mol. The minimum atomic E-state index is -0.348. The summed E-state index contributed by atoms with van der Waals surface area (Å²) < 4.78 is 11.5. The second-order valence-corrected chi connectivity index (χ2v) is 14.8. The van der Waals surface area contributed by atoms with Crippen molar-refractivity contribution >= 4 is 91.4 Å². The maximum absolute atomic E-state index is 13.9. The number of aromatic nitrogens is 2. The van der Waals surface area contributed by atoms with Crippen molar-refractivity contribution in [2.24, 2.45) is 0 Å². The molecule has 0 radical (unpaired) electrons. The summed E-state index contributed by atoms with van der Waals surface area (Å²) >= 11 is 24.9. The molecule has 8 nitrogen and oxygen atoms in total. The molecule has 0 saturated heterocycles. The van der Waals surface area contributed by atoms with Gasteiger partial charge in [0.15, 0.2) is 0 Å². The molecule has 8 rings (SSSR count). The zero-order chi connectivity index (χ0) is 40.5. The van der Waals surface area contributed by atoms with Gasteiger partial charge in [0.2, 0.25) is 0 Å². The highest BCUT2D eigenvalue weighted by Gasteiger charge is 2.20. The second kappa shape index (κ2) is 16.4. The van der Waals surface area contributed by atoms with Crippen molar-refractivity contribution in [1.29, 1.82) is 0 Å². The predicted octanol–water partition coefficient (Wildman–Crippen LogP) is 12.9. The molecule has 0 spiro atoms. The van der Waals surface area contributed by atoms with Crippen LogP contribution in [0.1, 0.15) is 20.7 Å². The minimum absolute atomic E-state index is 0.348. The van der Waals surface area contributed by atoms with Gasteiger partial charge in [0.05, 0.1) is 79.2 Å². The summed E-state index contributed by atoms with van der Waals surface area (Å²) in [6.45, 7) is 0. The number of nitrogens with zero attached hydrogens (tertiary/aromatic N) is 2. The fourth-order valence-electron chi connectivity index (χ4n) is 6.66. The van der Waals surface area contributed by atoms with Gasteiger partial charge < -0.3 is 20.1 Å². The van der Waals surface area contributed by atoms with Crippen LogP contribution in [-0.4, -0.2) is 36.0 Å². The molecule has 0 unspecified atom stereocenters. The lowest BCUT2D eigenvalue weighted by Crippen LogP contribution is -2.14. The zero-order valence-electron chi connectivity index (χ0n) is 30.7. The number of fused-ring (bicyclic) bond motifs is 2. The molecule has 0 aliphatic rings. The van der Waals surface area contributed by atoms with E-state index in [-0.39, 0.29) is 11.8 Å². The number of pyridine rings is 2. The Balaban J connectivity index is 1.06. The number of rotatable bonds is 9. The molecular formula is C46H30Cl4N4O4. The summed E-state index contributed by atoms with van der Waals surface area (Å²) in [5.41, 5.74) is 7.22. The van der Waals surface area contributed by atoms with Crippen molar-refractivity contribution in [1.82, 2.24) is 9.97 Å². The Hall–Kier alpha value is -6.16. The van der Waals surface area contributed by atoms with E-state index in [9.17, 15) is 9.59 Å². The first-order valence-corrected chi connectivity index (χ1v) is 19.3. The van der Waals surface area contributed by atoms with Crippen molar-refractivity contribution in [2.75, 3.05) is 24.9 Å². The third kappa shape index (κ3) is 7.75. The minimum Gasteiger partial charge on any atom is -0.495 e. The van der Waals surface area contributed by atoms with E-state index in [0.29, 0.717) is 87.3 Å². The lowest BCUT2D eigenvalue weighted by atomic mass is 10.0. The Morgan fingerprint density at radius 1 is 0.466 bits per heavy atom. The lowest BCUT2D eigenvalue weighted by Gasteiger charge is -2.16. The van der Waals surface area contributed by atoms with Crippen LogP contribution in [0.15, 0.2) is 133 Å². The van der Waals surface area contributed by atoms with E-state index >= 15 is 0 Å². The predicted molar refractivity (Wildman–Crippen MR) is 235 cm³/mol. The second-order valence-electron chi connectivity index (χ2n) is 13.1. The highest BCUT2D eigenvalue weighted by molar-refractivity contribution is 6.42. The molecule has 0 fully saturated rings. The molecule has 58 heavy (non-hydrogen) atoms. The van der Waals surface area contributed by atoms with Gasteiger partial charge >= 0.3 is 0 Å². The van der Waals surface area contributed by atoms with E-state index in [1.54, 1.807) is 48.5 Å². The van der Waals surface area contributed by atoms with E-state index in [1.807, 2.05) is 84.9 Å². The molecule has 0 saturated carbocycles. The average Bonchev–Trinajstić information content (AvgIpc) is 3.25. The quantitative estimate of drug-likeness (QED) is 0.150. The van der Waals surface area contributed by atoms with Gasteiger partial charge in [0, 0.05) is 21.9 Å². The Morgan fingerprint density at radius 3 is 1.26 bits per heavy atom. The fraction of sp³-hybridized carbons (Fsp3) is 0.0435. The zero-order valence-corrected chi connectivity index (χ0v) is 33.8. The Morgan fingerprint density at radius 2 is 0.862 bits per heavy atom. The third-order valence-electron chi connectivity index (χ3n) is 9.59. The highest BCUT2D eigenvalue weighted by atomic mass is 35.5. The number of methoxy groups -OCH3 is 2. The summed E-state index contributed by atoms with van der Waals surface area (Å²) in [5.74, 6) is 0.179. The first-order chi connectivity index (χ1) is 28.1. The van der Waals surface area contributed by atoms with Crippen molar-refractivity contribution in [2.45, 2.75) is 0 Å². The van der Waals surface area contributed by atoms with E-state index < -0.39 is 0 Å². The summed E-state index contributed by atoms with van der Waals surface area (Å²) in [5, 5.41) is 9.03. The molecule has 0 atom stereocenters. The first-order valence-electron chi connectivity index (χ1n) is 17.8. The SMILES string of the molecule is COc1cc(-c2ccc(NC(=O)c3cc(-c4ccc(Cl)c(Cl)c4)nc4ccccc34)c(OC)c2)ccc1NC(=O)c1cc(-c2ccc(Cl)c(Cl)c2)nc2ccccc12. The van der Waals surface area contributed by atoms with Crippen molar-refractivity contribution in [3.05, 3.63) is 165 Å². The van der Waals surface area contributed by atoms with Crippen molar-refractivity contribution in [3.8, 4) is 45.1 Å². The maximum Gasteiger partial charge on any atom is 0.256 e. The van der Waals surface area contributed by atoms with Crippen LogP contribution in [0.5, 0.6) is 11.5 Å². The van der Waals surface area contributed by atoms with Gasteiger partial charge in [-0.2, -0.15) is 0 Å². The fourth-order valence-corrected chi connectivity index (χ4v) is 7.26. The monoisotopic (exact) mass is 842 g/mol. The lowest BCUT2D eigenvalue weighted by molar-refractivity contribution is 0.102. The average molecular weight is 845 g/mol. The molecule has 0 aliphatic heterocycles. The largest absolute Gasteiger partial charge is 0.495 e. The van der Waals surface area contributed by atoms with Gasteiger partial charge in [-0.15, -0.1) is 0 Å². The van der Waals surface area contributed by atoms with E-state index in [0.717, 1.165) is 22.3 Å². The highest BCUT2D eigenvalue weighted by Crippen LogP contribution is 2.37. The summed E-state index contributed by atoms with van der Waals surface area (Å²) in [6, 6.07) is 39.7. The molecule has 12 heteroatoms. The van der Waals surface area contributed by atoms with E-state index in [2.05, 4.69) is 10.6 Å².